The van der Waals surface area contributed by atoms with Crippen LogP contribution < -0.4 is 15.2 Å². The van der Waals surface area contributed by atoms with Gasteiger partial charge in [0.25, 0.3) is 0 Å². The molecule has 2 heterocycles. The zero-order valence-corrected chi connectivity index (χ0v) is 18.4. The van der Waals surface area contributed by atoms with Crippen LogP contribution in [0.5, 0.6) is 17.2 Å². The molecule has 5 aromatic rings. The highest BCUT2D eigenvalue weighted by atomic mass is 16.5. The third kappa shape index (κ3) is 4.29. The number of benzene rings is 3. The third-order valence-corrected chi connectivity index (χ3v) is 5.21. The second kappa shape index (κ2) is 9.03. The Kier molecular flexibility index (Phi) is 5.61. The molecule has 8 heteroatoms. The third-order valence-electron chi connectivity index (χ3n) is 5.21. The van der Waals surface area contributed by atoms with Crippen molar-refractivity contribution in [2.24, 2.45) is 0 Å². The molecule has 0 amide bonds. The van der Waals surface area contributed by atoms with Crippen LogP contribution in [0.15, 0.2) is 85.2 Å². The lowest BCUT2D eigenvalue weighted by Gasteiger charge is -2.10. The second-order valence-corrected chi connectivity index (χ2v) is 7.61. The zero-order valence-electron chi connectivity index (χ0n) is 18.4. The van der Waals surface area contributed by atoms with Gasteiger partial charge in [-0.3, -0.25) is 4.79 Å². The number of hydrogen-bond donors (Lipinski definition) is 1. The summed E-state index contributed by atoms with van der Waals surface area (Å²) in [6.45, 7) is 1.90. The fourth-order valence-electron chi connectivity index (χ4n) is 3.58. The quantitative estimate of drug-likeness (QED) is 0.382. The van der Waals surface area contributed by atoms with Crippen LogP contribution in [-0.4, -0.2) is 25.7 Å². The Bertz CT molecular complexity index is 1460. The molecule has 8 nitrogen and oxygen atoms in total. The largest absolute Gasteiger partial charge is 0.489 e. The highest BCUT2D eigenvalue weighted by Crippen LogP contribution is 2.32. The van der Waals surface area contributed by atoms with Gasteiger partial charge in [0, 0.05) is 18.6 Å². The Morgan fingerprint density at radius 2 is 1.68 bits per heavy atom. The number of carbonyl (C=O) groups excluding carboxylic acids is 1. The van der Waals surface area contributed by atoms with Gasteiger partial charge < -0.3 is 15.2 Å². The van der Waals surface area contributed by atoms with Gasteiger partial charge in [0.1, 0.15) is 41.7 Å². The summed E-state index contributed by atoms with van der Waals surface area (Å²) in [6, 6.07) is 24.8. The Morgan fingerprint density at radius 1 is 0.912 bits per heavy atom. The SMILES string of the molecule is CC(=O)n1nc(-c2ccc(Oc3cccc(OCc4ccccc4)c3)cc2)c2c(N)ncnc21. The molecule has 0 spiro atoms. The molecule has 0 radical (unpaired) electrons. The van der Waals surface area contributed by atoms with Crippen molar-refractivity contribution in [2.45, 2.75) is 13.5 Å². The highest BCUT2D eigenvalue weighted by Gasteiger charge is 2.19. The first-order chi connectivity index (χ1) is 16.6. The fourth-order valence-corrected chi connectivity index (χ4v) is 3.58. The number of fused-ring (bicyclic) bond motifs is 1. The molecule has 34 heavy (non-hydrogen) atoms. The minimum atomic E-state index is -0.260. The van der Waals surface area contributed by atoms with E-state index in [4.69, 9.17) is 15.2 Å². The molecule has 168 valence electrons. The van der Waals surface area contributed by atoms with Crippen LogP contribution in [0.2, 0.25) is 0 Å². The number of anilines is 1. The lowest BCUT2D eigenvalue weighted by Crippen LogP contribution is -2.08. The second-order valence-electron chi connectivity index (χ2n) is 7.61. The first kappa shape index (κ1) is 21.1. The predicted octanol–water partition coefficient (Wildman–Crippen LogP) is 5.11. The summed E-state index contributed by atoms with van der Waals surface area (Å²) in [6.07, 6.45) is 1.32. The van der Waals surface area contributed by atoms with Gasteiger partial charge in [0.2, 0.25) is 5.91 Å². The summed E-state index contributed by atoms with van der Waals surface area (Å²) in [5.41, 5.74) is 8.83. The minimum Gasteiger partial charge on any atom is -0.489 e. The summed E-state index contributed by atoms with van der Waals surface area (Å²) >= 11 is 0. The van der Waals surface area contributed by atoms with Crippen LogP contribution in [0.1, 0.15) is 17.3 Å². The van der Waals surface area contributed by atoms with Gasteiger partial charge in [-0.15, -0.1) is 0 Å². The average molecular weight is 451 g/mol. The molecule has 0 aliphatic carbocycles. The van der Waals surface area contributed by atoms with Crippen LogP contribution in [0.25, 0.3) is 22.3 Å². The lowest BCUT2D eigenvalue weighted by atomic mass is 10.1. The molecule has 0 saturated heterocycles. The molecule has 5 rings (SSSR count). The van der Waals surface area contributed by atoms with Crippen molar-refractivity contribution in [1.82, 2.24) is 19.7 Å². The van der Waals surface area contributed by atoms with Crippen LogP contribution in [0, 0.1) is 0 Å². The van der Waals surface area contributed by atoms with Crippen LogP contribution in [-0.2, 0) is 6.61 Å². The Hall–Kier alpha value is -4.72. The number of nitrogen functional groups attached to an aromatic ring is 1. The van der Waals surface area contributed by atoms with Crippen LogP contribution in [0.3, 0.4) is 0 Å². The van der Waals surface area contributed by atoms with Crippen molar-refractivity contribution in [3.05, 3.63) is 90.8 Å². The van der Waals surface area contributed by atoms with Crippen molar-refractivity contribution in [2.75, 3.05) is 5.73 Å². The monoisotopic (exact) mass is 451 g/mol. The van der Waals surface area contributed by atoms with Gasteiger partial charge in [0.15, 0.2) is 5.65 Å². The Labute approximate surface area is 195 Å². The van der Waals surface area contributed by atoms with E-state index in [1.165, 1.54) is 17.9 Å². The topological polar surface area (TPSA) is 105 Å². The van der Waals surface area contributed by atoms with Crippen molar-refractivity contribution >= 4 is 22.8 Å². The van der Waals surface area contributed by atoms with Gasteiger partial charge >= 0.3 is 0 Å². The number of nitrogens with two attached hydrogens (primary N) is 1. The summed E-state index contributed by atoms with van der Waals surface area (Å²) < 4.78 is 13.1. The van der Waals surface area contributed by atoms with Crippen LogP contribution >= 0.6 is 0 Å². The summed E-state index contributed by atoms with van der Waals surface area (Å²) in [5.74, 6) is 2.02. The van der Waals surface area contributed by atoms with Gasteiger partial charge in [-0.25, -0.2) is 9.97 Å². The van der Waals surface area contributed by atoms with E-state index in [0.29, 0.717) is 34.8 Å². The summed E-state index contributed by atoms with van der Waals surface area (Å²) in [5, 5.41) is 4.95. The summed E-state index contributed by atoms with van der Waals surface area (Å²) in [7, 11) is 0. The normalized spacial score (nSPS) is 10.9. The molecule has 0 aliphatic heterocycles. The maximum atomic E-state index is 12.0. The number of aromatic nitrogens is 4. The maximum absolute atomic E-state index is 12.0. The molecule has 0 fully saturated rings. The van der Waals surface area contributed by atoms with Gasteiger partial charge in [0.05, 0.1) is 5.39 Å². The molecule has 2 N–H and O–H groups in total. The van der Waals surface area contributed by atoms with E-state index in [9.17, 15) is 4.79 Å². The molecular formula is C26H21N5O3. The number of carbonyl (C=O) groups is 1. The first-order valence-electron chi connectivity index (χ1n) is 10.6. The number of ether oxygens (including phenoxy) is 2. The van der Waals surface area contributed by atoms with Gasteiger partial charge in [-0.2, -0.15) is 9.78 Å². The molecule has 0 unspecified atom stereocenters. The van der Waals surface area contributed by atoms with Crippen molar-refractivity contribution in [3.63, 3.8) is 0 Å². The Morgan fingerprint density at radius 3 is 2.44 bits per heavy atom. The molecule has 0 saturated carbocycles. The predicted molar refractivity (Wildman–Crippen MR) is 129 cm³/mol. The minimum absolute atomic E-state index is 0.260. The Balaban J connectivity index is 1.35. The van der Waals surface area contributed by atoms with E-state index in [1.807, 2.05) is 78.9 Å². The van der Waals surface area contributed by atoms with Gasteiger partial charge in [-0.05, 0) is 42.0 Å². The van der Waals surface area contributed by atoms with E-state index < -0.39 is 0 Å². The standard InChI is InChI=1S/C26H21N5O3/c1-17(32)31-26-23(25(27)28-16-29-26)24(30-31)19-10-12-20(13-11-19)34-22-9-5-8-21(14-22)33-15-18-6-3-2-4-7-18/h2-14,16H,15H2,1H3,(H2,27,28,29). The van der Waals surface area contributed by atoms with Gasteiger partial charge in [-0.1, -0.05) is 36.4 Å². The number of nitrogens with zero attached hydrogens (tertiary/aromatic N) is 4. The molecule has 3 aromatic carbocycles. The molecule has 0 aliphatic rings. The van der Waals surface area contributed by atoms with Crippen molar-refractivity contribution < 1.29 is 14.3 Å². The van der Waals surface area contributed by atoms with E-state index in [-0.39, 0.29) is 11.7 Å². The summed E-state index contributed by atoms with van der Waals surface area (Å²) in [4.78, 5) is 20.2. The van der Waals surface area contributed by atoms with Crippen LogP contribution in [0.4, 0.5) is 5.82 Å². The van der Waals surface area contributed by atoms with E-state index in [2.05, 4.69) is 15.1 Å². The zero-order chi connectivity index (χ0) is 23.5. The van der Waals surface area contributed by atoms with E-state index in [0.717, 1.165) is 16.9 Å². The smallest absolute Gasteiger partial charge is 0.245 e. The van der Waals surface area contributed by atoms with E-state index >= 15 is 0 Å². The fraction of sp³-hybridized carbons (Fsp3) is 0.0769. The molecule has 2 aromatic heterocycles. The molecular weight excluding hydrogens is 430 g/mol. The van der Waals surface area contributed by atoms with Crippen molar-refractivity contribution in [1.29, 1.82) is 0 Å². The molecule has 0 bridgehead atoms. The number of rotatable bonds is 6. The highest BCUT2D eigenvalue weighted by molar-refractivity contribution is 6.01. The first-order valence-corrected chi connectivity index (χ1v) is 10.6. The molecule has 0 atom stereocenters. The lowest BCUT2D eigenvalue weighted by molar-refractivity contribution is 0.0926. The maximum Gasteiger partial charge on any atom is 0.245 e. The average Bonchev–Trinajstić information content (AvgIpc) is 3.26. The number of hydrogen-bond acceptors (Lipinski definition) is 7. The van der Waals surface area contributed by atoms with Crippen molar-refractivity contribution in [3.8, 4) is 28.5 Å². The van der Waals surface area contributed by atoms with E-state index in [1.54, 1.807) is 0 Å².